The monoisotopic (exact) mass is 420 g/mol. The van der Waals surface area contributed by atoms with Crippen LogP contribution in [-0.4, -0.2) is 69.4 Å². The van der Waals surface area contributed by atoms with E-state index in [1.165, 1.54) is 7.05 Å². The number of amides is 1. The molecule has 154 valence electrons. The first-order valence-corrected chi connectivity index (χ1v) is 9.31. The molecular formula is C17H19F3N2O5S. The van der Waals surface area contributed by atoms with Crippen molar-refractivity contribution in [3.05, 3.63) is 35.9 Å². The summed E-state index contributed by atoms with van der Waals surface area (Å²) in [6.07, 6.45) is -11.5. The minimum absolute atomic E-state index is 0.0477. The molecule has 0 bridgehead atoms. The lowest BCUT2D eigenvalue weighted by molar-refractivity contribution is -0.265. The number of halogens is 3. The predicted molar refractivity (Wildman–Crippen MR) is 95.0 cm³/mol. The highest BCUT2D eigenvalue weighted by molar-refractivity contribution is 8.14. The Bertz CT molecular complexity index is 733. The first kappa shape index (κ1) is 20.9. The van der Waals surface area contributed by atoms with Crippen molar-refractivity contribution >= 4 is 23.0 Å². The average molecular weight is 420 g/mol. The Balaban J connectivity index is 1.76. The van der Waals surface area contributed by atoms with Crippen LogP contribution in [0, 0.1) is 0 Å². The molecular weight excluding hydrogens is 401 g/mol. The van der Waals surface area contributed by atoms with Crippen molar-refractivity contribution in [1.29, 1.82) is 0 Å². The number of fused-ring (bicyclic) bond motifs is 1. The van der Waals surface area contributed by atoms with Gasteiger partial charge in [0.1, 0.15) is 11.5 Å². The third-order valence-corrected chi connectivity index (χ3v) is 5.72. The molecule has 0 aliphatic carbocycles. The van der Waals surface area contributed by atoms with Crippen LogP contribution in [0.15, 0.2) is 35.3 Å². The van der Waals surface area contributed by atoms with Crippen molar-refractivity contribution in [2.24, 2.45) is 4.99 Å². The average Bonchev–Trinajstić information content (AvgIpc) is 3.07. The molecule has 11 heteroatoms. The maximum Gasteiger partial charge on any atom is 0.417 e. The topological polar surface area (TPSA) is 91.6 Å². The quantitative estimate of drug-likeness (QED) is 0.778. The summed E-state index contributed by atoms with van der Waals surface area (Å²) in [7, 11) is 1.29. The molecule has 3 rings (SSSR count). The summed E-state index contributed by atoms with van der Waals surface area (Å²) in [6.45, 7) is 0.0477. The lowest BCUT2D eigenvalue weighted by atomic mass is 9.97. The number of alkyl halides is 3. The number of hydrogen-bond donors (Lipinski definition) is 2. The number of aliphatic imine (C=N–C) groups is 1. The molecule has 0 spiro atoms. The first-order chi connectivity index (χ1) is 13.2. The van der Waals surface area contributed by atoms with Crippen LogP contribution in [0.1, 0.15) is 12.0 Å². The number of aliphatic hydroxyl groups excluding tert-OH is 1. The number of amidine groups is 1. The molecule has 0 aromatic heterocycles. The molecule has 2 N–H and O–H groups in total. The smallest absolute Gasteiger partial charge is 0.417 e. The summed E-state index contributed by atoms with van der Waals surface area (Å²) in [5, 5.41) is 19.0. The first-order valence-electron chi connectivity index (χ1n) is 8.43. The Morgan fingerprint density at radius 3 is 2.71 bits per heavy atom. The lowest BCUT2D eigenvalue weighted by Crippen LogP contribution is -2.55. The Morgan fingerprint density at radius 2 is 2.11 bits per heavy atom. The highest BCUT2D eigenvalue weighted by Crippen LogP contribution is 2.41. The molecule has 2 aliphatic heterocycles. The fourth-order valence-corrected chi connectivity index (χ4v) is 4.12. The molecule has 7 nitrogen and oxygen atoms in total. The van der Waals surface area contributed by atoms with Gasteiger partial charge in [-0.15, -0.1) is 0 Å². The summed E-state index contributed by atoms with van der Waals surface area (Å²) < 4.78 is 50.5. The van der Waals surface area contributed by atoms with E-state index in [0.29, 0.717) is 0 Å². The van der Waals surface area contributed by atoms with Crippen LogP contribution < -0.4 is 0 Å². The molecule has 0 unspecified atom stereocenters. The second-order valence-corrected chi connectivity index (χ2v) is 7.53. The van der Waals surface area contributed by atoms with E-state index < -0.39 is 42.1 Å². The Labute approximate surface area is 163 Å². The number of rotatable bonds is 4. The Kier molecular flexibility index (Phi) is 6.18. The van der Waals surface area contributed by atoms with Gasteiger partial charge in [0.15, 0.2) is 11.3 Å². The normalized spacial score (nSPS) is 28.4. The van der Waals surface area contributed by atoms with Crippen molar-refractivity contribution in [1.82, 2.24) is 4.90 Å². The van der Waals surface area contributed by atoms with E-state index in [1.807, 2.05) is 0 Å². The summed E-state index contributed by atoms with van der Waals surface area (Å²) in [4.78, 5) is 16.2. The van der Waals surface area contributed by atoms with Crippen LogP contribution in [0.5, 0.6) is 0 Å². The largest absolute Gasteiger partial charge is 0.465 e. The Morgan fingerprint density at radius 1 is 1.43 bits per heavy atom. The number of carboxylic acid groups (broad SMARTS) is 1. The van der Waals surface area contributed by atoms with Crippen molar-refractivity contribution in [2.75, 3.05) is 7.05 Å². The molecule has 0 saturated carbocycles. The molecule has 1 aromatic carbocycles. The minimum atomic E-state index is -4.88. The second kappa shape index (κ2) is 8.27. The Hall–Kier alpha value is -1.82. The molecule has 2 aliphatic rings. The minimum Gasteiger partial charge on any atom is -0.465 e. The standard InChI is InChI=1S/C17H19F3N2O5S/c1-22(16(24)25)15-21-10-7-11(26-8-9-5-3-2-4-6-9)12(27-14(10)28-15)13(23)17(18,19)20/h2-6,10-14,23H,7-8H2,1H3,(H,24,25)/t10-,11+,12+,13+,14-/m1/s1. The molecule has 2 heterocycles. The third kappa shape index (κ3) is 4.59. The second-order valence-electron chi connectivity index (χ2n) is 6.46. The van der Waals surface area contributed by atoms with Crippen LogP contribution in [0.2, 0.25) is 0 Å². The van der Waals surface area contributed by atoms with E-state index in [4.69, 9.17) is 14.6 Å². The molecule has 1 saturated heterocycles. The molecule has 5 atom stereocenters. The number of carbonyl (C=O) groups is 1. The van der Waals surface area contributed by atoms with Gasteiger partial charge in [-0.05, 0) is 5.56 Å². The zero-order valence-corrected chi connectivity index (χ0v) is 15.6. The van der Waals surface area contributed by atoms with Gasteiger partial charge in [-0.25, -0.2) is 4.79 Å². The van der Waals surface area contributed by atoms with Crippen molar-refractivity contribution in [2.45, 2.75) is 49.0 Å². The van der Waals surface area contributed by atoms with E-state index in [2.05, 4.69) is 4.99 Å². The fraction of sp³-hybridized carbons (Fsp3) is 0.529. The van der Waals surface area contributed by atoms with Crippen LogP contribution >= 0.6 is 11.8 Å². The summed E-state index contributed by atoms with van der Waals surface area (Å²) in [5.41, 5.74) is -0.0594. The predicted octanol–water partition coefficient (Wildman–Crippen LogP) is 2.69. The van der Waals surface area contributed by atoms with Gasteiger partial charge in [-0.3, -0.25) is 9.89 Å². The van der Waals surface area contributed by atoms with E-state index in [1.54, 1.807) is 30.3 Å². The number of ether oxygens (including phenoxy) is 2. The highest BCUT2D eigenvalue weighted by Gasteiger charge is 2.53. The molecule has 1 fully saturated rings. The van der Waals surface area contributed by atoms with Gasteiger partial charge in [0.05, 0.1) is 18.8 Å². The number of benzene rings is 1. The van der Waals surface area contributed by atoms with Gasteiger partial charge in [-0.2, -0.15) is 13.2 Å². The lowest BCUT2D eigenvalue weighted by Gasteiger charge is -2.39. The molecule has 1 amide bonds. The highest BCUT2D eigenvalue weighted by atomic mass is 32.2. The molecule has 0 radical (unpaired) electrons. The zero-order chi connectivity index (χ0) is 20.5. The number of aliphatic hydroxyl groups is 1. The molecule has 28 heavy (non-hydrogen) atoms. The zero-order valence-electron chi connectivity index (χ0n) is 14.7. The van der Waals surface area contributed by atoms with Gasteiger partial charge in [-0.1, -0.05) is 42.1 Å². The summed E-state index contributed by atoms with van der Waals surface area (Å²) in [6, 6.07) is 8.33. The number of hydrogen-bond acceptors (Lipinski definition) is 6. The van der Waals surface area contributed by atoms with Crippen LogP contribution in [0.25, 0.3) is 0 Å². The number of thioether (sulfide) groups is 1. The van der Waals surface area contributed by atoms with Crippen molar-refractivity contribution < 1.29 is 37.7 Å². The third-order valence-electron chi connectivity index (χ3n) is 4.47. The maximum absolute atomic E-state index is 13.1. The fourth-order valence-electron chi connectivity index (χ4n) is 2.96. The van der Waals surface area contributed by atoms with Crippen molar-refractivity contribution in [3.8, 4) is 0 Å². The van der Waals surface area contributed by atoms with E-state index in [-0.39, 0.29) is 18.2 Å². The van der Waals surface area contributed by atoms with Crippen LogP contribution in [0.3, 0.4) is 0 Å². The summed E-state index contributed by atoms with van der Waals surface area (Å²) >= 11 is 0.918. The van der Waals surface area contributed by atoms with Crippen LogP contribution in [0.4, 0.5) is 18.0 Å². The van der Waals surface area contributed by atoms with Gasteiger partial charge in [0.25, 0.3) is 0 Å². The van der Waals surface area contributed by atoms with Gasteiger partial charge >= 0.3 is 12.3 Å². The van der Waals surface area contributed by atoms with E-state index in [9.17, 15) is 23.1 Å². The summed E-state index contributed by atoms with van der Waals surface area (Å²) in [5.74, 6) is 0. The van der Waals surface area contributed by atoms with Gasteiger partial charge in [0, 0.05) is 13.5 Å². The SMILES string of the molecule is CN(C(=O)O)C1=N[C@@H]2C[C@H](OCc3ccccc3)[C@@H]([C@H](O)C(F)(F)F)O[C@@H]2S1. The number of nitrogens with zero attached hydrogens (tertiary/aromatic N) is 2. The van der Waals surface area contributed by atoms with Crippen molar-refractivity contribution in [3.63, 3.8) is 0 Å². The molecule has 1 aromatic rings. The van der Waals surface area contributed by atoms with E-state index >= 15 is 0 Å². The van der Waals surface area contributed by atoms with E-state index in [0.717, 1.165) is 22.2 Å². The van der Waals surface area contributed by atoms with Crippen LogP contribution in [-0.2, 0) is 16.1 Å². The van der Waals surface area contributed by atoms with Gasteiger partial charge in [0.2, 0.25) is 0 Å². The maximum atomic E-state index is 13.1. The van der Waals surface area contributed by atoms with Gasteiger partial charge < -0.3 is 19.7 Å².